The van der Waals surface area contributed by atoms with Crippen molar-refractivity contribution in [3.63, 3.8) is 0 Å². The largest absolute Gasteiger partial charge is 0.497 e. The van der Waals surface area contributed by atoms with E-state index in [1.54, 1.807) is 20.3 Å². The summed E-state index contributed by atoms with van der Waals surface area (Å²) in [6, 6.07) is 7.82. The Morgan fingerprint density at radius 1 is 1.17 bits per heavy atom. The topological polar surface area (TPSA) is 35.5 Å². The molecule has 3 heteroatoms. The fraction of sp³-hybridized carbons (Fsp3) is 0.400. The van der Waals surface area contributed by atoms with E-state index in [0.29, 0.717) is 12.8 Å². The standard InChI is InChI=1S/C15H18O3/c1-11-10-13(16)8-9-15(11,18-3)12-4-6-14(17-2)7-5-12/h4-7,10H,8-9H2,1-3H3. The maximum Gasteiger partial charge on any atom is 0.155 e. The van der Waals surface area contributed by atoms with Crippen molar-refractivity contribution in [3.8, 4) is 5.75 Å². The van der Waals surface area contributed by atoms with Crippen LogP contribution in [0.5, 0.6) is 5.75 Å². The van der Waals surface area contributed by atoms with Crippen molar-refractivity contribution in [1.29, 1.82) is 0 Å². The number of methoxy groups -OCH3 is 2. The molecular weight excluding hydrogens is 228 g/mol. The summed E-state index contributed by atoms with van der Waals surface area (Å²) in [6.07, 6.45) is 2.91. The van der Waals surface area contributed by atoms with Crippen LogP contribution in [0.3, 0.4) is 0 Å². The van der Waals surface area contributed by atoms with Crippen LogP contribution >= 0.6 is 0 Å². The summed E-state index contributed by atoms with van der Waals surface area (Å²) in [4.78, 5) is 11.5. The Morgan fingerprint density at radius 2 is 1.83 bits per heavy atom. The summed E-state index contributed by atoms with van der Waals surface area (Å²) < 4.78 is 10.9. The molecule has 0 aliphatic heterocycles. The number of rotatable bonds is 3. The van der Waals surface area contributed by atoms with E-state index in [0.717, 1.165) is 16.9 Å². The third-order valence-corrected chi connectivity index (χ3v) is 3.64. The zero-order valence-electron chi connectivity index (χ0n) is 11.0. The van der Waals surface area contributed by atoms with Crippen LogP contribution in [0.1, 0.15) is 25.3 Å². The number of ether oxygens (including phenoxy) is 2. The van der Waals surface area contributed by atoms with E-state index < -0.39 is 5.60 Å². The van der Waals surface area contributed by atoms with Crippen LogP contribution in [-0.4, -0.2) is 20.0 Å². The molecule has 1 aliphatic carbocycles. The molecule has 1 aliphatic rings. The lowest BCUT2D eigenvalue weighted by atomic mass is 9.78. The lowest BCUT2D eigenvalue weighted by Crippen LogP contribution is -2.33. The quantitative estimate of drug-likeness (QED) is 0.822. The highest BCUT2D eigenvalue weighted by atomic mass is 16.5. The van der Waals surface area contributed by atoms with Crippen LogP contribution in [0.4, 0.5) is 0 Å². The van der Waals surface area contributed by atoms with Gasteiger partial charge in [-0.1, -0.05) is 12.1 Å². The summed E-state index contributed by atoms with van der Waals surface area (Å²) in [5, 5.41) is 0. The van der Waals surface area contributed by atoms with Crippen LogP contribution in [0, 0.1) is 0 Å². The van der Waals surface area contributed by atoms with Gasteiger partial charge < -0.3 is 9.47 Å². The van der Waals surface area contributed by atoms with Crippen LogP contribution in [-0.2, 0) is 15.1 Å². The maximum atomic E-state index is 11.5. The molecular formula is C15H18O3. The van der Waals surface area contributed by atoms with Crippen molar-refractivity contribution in [3.05, 3.63) is 41.5 Å². The molecule has 1 unspecified atom stereocenters. The van der Waals surface area contributed by atoms with Gasteiger partial charge in [-0.15, -0.1) is 0 Å². The van der Waals surface area contributed by atoms with Gasteiger partial charge in [-0.3, -0.25) is 4.79 Å². The molecule has 3 nitrogen and oxygen atoms in total. The fourth-order valence-electron chi connectivity index (χ4n) is 2.54. The minimum absolute atomic E-state index is 0.175. The molecule has 0 aromatic heterocycles. The summed E-state index contributed by atoms with van der Waals surface area (Å²) in [5.74, 6) is 0.993. The van der Waals surface area contributed by atoms with Crippen molar-refractivity contribution in [2.45, 2.75) is 25.4 Å². The molecule has 0 amide bonds. The number of benzene rings is 1. The molecule has 2 rings (SSSR count). The molecule has 1 atom stereocenters. The Labute approximate surface area is 107 Å². The van der Waals surface area contributed by atoms with Gasteiger partial charge in [-0.2, -0.15) is 0 Å². The normalized spacial score (nSPS) is 23.7. The van der Waals surface area contributed by atoms with Gasteiger partial charge in [-0.05, 0) is 42.7 Å². The lowest BCUT2D eigenvalue weighted by Gasteiger charge is -2.36. The smallest absolute Gasteiger partial charge is 0.155 e. The number of carbonyl (C=O) groups excluding carboxylic acids is 1. The molecule has 0 saturated carbocycles. The van der Waals surface area contributed by atoms with E-state index in [1.807, 2.05) is 31.2 Å². The van der Waals surface area contributed by atoms with E-state index in [4.69, 9.17) is 9.47 Å². The molecule has 0 fully saturated rings. The first-order valence-corrected chi connectivity index (χ1v) is 6.03. The highest BCUT2D eigenvalue weighted by Crippen LogP contribution is 2.40. The number of ketones is 1. The first kappa shape index (κ1) is 12.8. The van der Waals surface area contributed by atoms with E-state index >= 15 is 0 Å². The fourth-order valence-corrected chi connectivity index (χ4v) is 2.54. The molecule has 0 saturated heterocycles. The van der Waals surface area contributed by atoms with Gasteiger partial charge >= 0.3 is 0 Å². The van der Waals surface area contributed by atoms with E-state index in [2.05, 4.69) is 0 Å². The van der Waals surface area contributed by atoms with Crippen LogP contribution in [0.2, 0.25) is 0 Å². The molecule has 1 aromatic rings. The second-order valence-electron chi connectivity index (χ2n) is 4.55. The summed E-state index contributed by atoms with van der Waals surface area (Å²) in [7, 11) is 3.34. The van der Waals surface area contributed by atoms with Crippen LogP contribution in [0.15, 0.2) is 35.9 Å². The van der Waals surface area contributed by atoms with Crippen LogP contribution in [0.25, 0.3) is 0 Å². The van der Waals surface area contributed by atoms with E-state index in [1.165, 1.54) is 0 Å². The van der Waals surface area contributed by atoms with E-state index in [-0.39, 0.29) is 5.78 Å². The third-order valence-electron chi connectivity index (χ3n) is 3.64. The average Bonchev–Trinajstić information content (AvgIpc) is 2.40. The molecule has 96 valence electrons. The number of carbonyl (C=O) groups is 1. The molecule has 0 bridgehead atoms. The van der Waals surface area contributed by atoms with Gasteiger partial charge in [0, 0.05) is 13.5 Å². The van der Waals surface area contributed by atoms with Crippen molar-refractivity contribution in [2.75, 3.05) is 14.2 Å². The lowest BCUT2D eigenvalue weighted by molar-refractivity contribution is -0.117. The summed E-state index contributed by atoms with van der Waals surface area (Å²) >= 11 is 0. The Bertz CT molecular complexity index is 473. The van der Waals surface area contributed by atoms with E-state index in [9.17, 15) is 4.79 Å². The SMILES string of the molecule is COc1ccc(C2(OC)CCC(=O)C=C2C)cc1. The van der Waals surface area contributed by atoms with Crippen molar-refractivity contribution >= 4 is 5.78 Å². The first-order valence-electron chi connectivity index (χ1n) is 6.03. The average molecular weight is 246 g/mol. The van der Waals surface area contributed by atoms with Gasteiger partial charge in [0.05, 0.1) is 7.11 Å². The van der Waals surface area contributed by atoms with Gasteiger partial charge in [0.1, 0.15) is 11.4 Å². The Kier molecular flexibility index (Phi) is 3.53. The number of hydrogen-bond acceptors (Lipinski definition) is 3. The van der Waals surface area contributed by atoms with Gasteiger partial charge in [0.25, 0.3) is 0 Å². The van der Waals surface area contributed by atoms with Gasteiger partial charge in [0.15, 0.2) is 5.78 Å². The number of hydrogen-bond donors (Lipinski definition) is 0. The predicted molar refractivity (Wildman–Crippen MR) is 69.7 cm³/mol. The van der Waals surface area contributed by atoms with Crippen molar-refractivity contribution in [2.24, 2.45) is 0 Å². The Hall–Kier alpha value is -1.61. The van der Waals surface area contributed by atoms with Crippen molar-refractivity contribution in [1.82, 2.24) is 0 Å². The molecule has 0 radical (unpaired) electrons. The molecule has 0 spiro atoms. The summed E-state index contributed by atoms with van der Waals surface area (Å²) in [6.45, 7) is 1.95. The Balaban J connectivity index is 2.43. The highest BCUT2D eigenvalue weighted by molar-refractivity contribution is 5.91. The van der Waals surface area contributed by atoms with Crippen LogP contribution < -0.4 is 4.74 Å². The Morgan fingerprint density at radius 3 is 2.33 bits per heavy atom. The molecule has 0 N–H and O–H groups in total. The zero-order valence-corrected chi connectivity index (χ0v) is 11.0. The van der Waals surface area contributed by atoms with Gasteiger partial charge in [-0.25, -0.2) is 0 Å². The monoisotopic (exact) mass is 246 g/mol. The third kappa shape index (κ3) is 2.06. The minimum atomic E-state index is -0.472. The highest BCUT2D eigenvalue weighted by Gasteiger charge is 2.37. The van der Waals surface area contributed by atoms with Gasteiger partial charge in [0.2, 0.25) is 0 Å². The predicted octanol–water partition coefficient (Wildman–Crippen LogP) is 2.85. The molecule has 1 aromatic carbocycles. The molecule has 18 heavy (non-hydrogen) atoms. The second kappa shape index (κ2) is 4.94. The molecule has 0 heterocycles. The van der Waals surface area contributed by atoms with Crippen molar-refractivity contribution < 1.29 is 14.3 Å². The maximum absolute atomic E-state index is 11.5. The number of allylic oxidation sites excluding steroid dienone is 1. The zero-order chi connectivity index (χ0) is 13.2. The second-order valence-corrected chi connectivity index (χ2v) is 4.55. The minimum Gasteiger partial charge on any atom is -0.497 e. The summed E-state index contributed by atoms with van der Waals surface area (Å²) in [5.41, 5.74) is 1.55. The first-order chi connectivity index (χ1) is 8.62.